The second-order valence-electron chi connectivity index (χ2n) is 7.51. The van der Waals surface area contributed by atoms with Gasteiger partial charge in [0.1, 0.15) is 30.5 Å². The molecule has 34 heavy (non-hydrogen) atoms. The van der Waals surface area contributed by atoms with E-state index in [1.807, 2.05) is 6.92 Å². The molecular formula is C24H25F3N2O5. The Bertz CT molecular complexity index is 1090. The van der Waals surface area contributed by atoms with E-state index >= 15 is 0 Å². The smallest absolute Gasteiger partial charge is 0.416 e. The summed E-state index contributed by atoms with van der Waals surface area (Å²) in [5.74, 6) is 0.920. The molecule has 0 spiro atoms. The molecule has 2 aromatic carbocycles. The molecule has 0 saturated heterocycles. The fourth-order valence-electron chi connectivity index (χ4n) is 3.11. The molecular weight excluding hydrogens is 453 g/mol. The number of nitrogens with one attached hydrogen (secondary N) is 1. The van der Waals surface area contributed by atoms with E-state index in [0.29, 0.717) is 23.7 Å². The van der Waals surface area contributed by atoms with Crippen molar-refractivity contribution in [2.45, 2.75) is 33.1 Å². The Kier molecular flexibility index (Phi) is 8.17. The first kappa shape index (κ1) is 25.1. The third-order valence-electron chi connectivity index (χ3n) is 4.98. The van der Waals surface area contributed by atoms with E-state index in [9.17, 15) is 18.0 Å². The number of ether oxygens (including phenoxy) is 3. The number of nitrogens with zero attached hydrogens (tertiary/aromatic N) is 1. The number of aromatic nitrogens is 1. The van der Waals surface area contributed by atoms with Crippen LogP contribution in [0.1, 0.15) is 28.1 Å². The molecule has 0 atom stereocenters. The predicted molar refractivity (Wildman–Crippen MR) is 118 cm³/mol. The Hall–Kier alpha value is -3.53. The molecule has 0 aliphatic rings. The topological polar surface area (TPSA) is 82.8 Å². The summed E-state index contributed by atoms with van der Waals surface area (Å²) in [5, 5.41) is 6.39. The second-order valence-corrected chi connectivity index (χ2v) is 7.51. The van der Waals surface area contributed by atoms with Gasteiger partial charge in [-0.2, -0.15) is 13.2 Å². The van der Waals surface area contributed by atoms with Crippen LogP contribution in [0.4, 0.5) is 18.9 Å². The maximum absolute atomic E-state index is 13.1. The number of aryl methyl sites for hydroxylation is 2. The maximum atomic E-state index is 13.1. The lowest BCUT2D eigenvalue weighted by Crippen LogP contribution is -2.17. The predicted octanol–water partition coefficient (Wildman–Crippen LogP) is 5.10. The van der Waals surface area contributed by atoms with E-state index in [2.05, 4.69) is 10.5 Å². The lowest BCUT2D eigenvalue weighted by Gasteiger charge is -2.15. The minimum absolute atomic E-state index is 0.0437. The highest BCUT2D eigenvalue weighted by Crippen LogP contribution is 2.35. The van der Waals surface area contributed by atoms with Gasteiger partial charge in [-0.25, -0.2) is 0 Å². The highest BCUT2D eigenvalue weighted by molar-refractivity contribution is 5.93. The molecule has 1 heterocycles. The quantitative estimate of drug-likeness (QED) is 0.409. The van der Waals surface area contributed by atoms with E-state index in [4.69, 9.17) is 18.7 Å². The molecule has 10 heteroatoms. The standard InChI is InChI=1S/C24H25F3N2O5/c1-15-20(16(2)34-29-15)14-33-19-7-4-17(5-8-19)12-23(30)28-21-13-18(24(25,26)27)6-9-22(21)32-11-10-31-3/h4-9,13H,10-12,14H2,1-3H3,(H,28,30). The van der Waals surface area contributed by atoms with Crippen molar-refractivity contribution in [1.82, 2.24) is 5.16 Å². The minimum Gasteiger partial charge on any atom is -0.489 e. The van der Waals surface area contributed by atoms with Crippen molar-refractivity contribution in [1.29, 1.82) is 0 Å². The van der Waals surface area contributed by atoms with Gasteiger partial charge in [-0.1, -0.05) is 17.3 Å². The number of amides is 1. The van der Waals surface area contributed by atoms with Crippen LogP contribution in [-0.4, -0.2) is 31.4 Å². The van der Waals surface area contributed by atoms with E-state index in [1.165, 1.54) is 13.2 Å². The largest absolute Gasteiger partial charge is 0.489 e. The Morgan fingerprint density at radius 3 is 2.41 bits per heavy atom. The Morgan fingerprint density at radius 1 is 1.06 bits per heavy atom. The van der Waals surface area contributed by atoms with Crippen LogP contribution in [0.3, 0.4) is 0 Å². The monoisotopic (exact) mass is 478 g/mol. The zero-order valence-corrected chi connectivity index (χ0v) is 19.0. The van der Waals surface area contributed by atoms with Crippen LogP contribution in [0.15, 0.2) is 47.0 Å². The van der Waals surface area contributed by atoms with Crippen molar-refractivity contribution in [3.05, 3.63) is 70.6 Å². The van der Waals surface area contributed by atoms with Crippen LogP contribution in [0, 0.1) is 13.8 Å². The summed E-state index contributed by atoms with van der Waals surface area (Å²) in [6.07, 6.45) is -4.60. The third-order valence-corrected chi connectivity index (χ3v) is 4.98. The van der Waals surface area contributed by atoms with Gasteiger partial charge in [0.05, 0.1) is 35.5 Å². The van der Waals surface area contributed by atoms with E-state index < -0.39 is 17.6 Å². The van der Waals surface area contributed by atoms with Gasteiger partial charge in [0.25, 0.3) is 0 Å². The van der Waals surface area contributed by atoms with Crippen LogP contribution < -0.4 is 14.8 Å². The van der Waals surface area contributed by atoms with Crippen molar-refractivity contribution in [3.8, 4) is 11.5 Å². The number of rotatable bonds is 10. The molecule has 0 bridgehead atoms. The number of hydrogen-bond acceptors (Lipinski definition) is 6. The van der Waals surface area contributed by atoms with E-state index in [1.54, 1.807) is 31.2 Å². The SMILES string of the molecule is COCCOc1ccc(C(F)(F)F)cc1NC(=O)Cc1ccc(OCc2c(C)noc2C)cc1. The molecule has 3 aromatic rings. The summed E-state index contributed by atoms with van der Waals surface area (Å²) < 4.78 is 60.6. The first-order chi connectivity index (χ1) is 16.2. The fourth-order valence-corrected chi connectivity index (χ4v) is 3.11. The summed E-state index contributed by atoms with van der Waals surface area (Å²) in [7, 11) is 1.48. The lowest BCUT2D eigenvalue weighted by atomic mass is 10.1. The molecule has 182 valence electrons. The molecule has 0 saturated carbocycles. The highest BCUT2D eigenvalue weighted by Gasteiger charge is 2.31. The Morgan fingerprint density at radius 2 is 1.79 bits per heavy atom. The van der Waals surface area contributed by atoms with E-state index in [0.717, 1.165) is 23.4 Å². The van der Waals surface area contributed by atoms with Crippen molar-refractivity contribution in [2.24, 2.45) is 0 Å². The first-order valence-corrected chi connectivity index (χ1v) is 10.4. The molecule has 1 aromatic heterocycles. The maximum Gasteiger partial charge on any atom is 0.416 e. The number of carbonyl (C=O) groups excluding carboxylic acids is 1. The van der Waals surface area contributed by atoms with Crippen LogP contribution >= 0.6 is 0 Å². The second kappa shape index (κ2) is 11.1. The van der Waals surface area contributed by atoms with Crippen LogP contribution in [0.25, 0.3) is 0 Å². The zero-order valence-electron chi connectivity index (χ0n) is 19.0. The summed E-state index contributed by atoms with van der Waals surface area (Å²) in [6, 6.07) is 9.79. The van der Waals surface area contributed by atoms with Gasteiger partial charge < -0.3 is 24.1 Å². The van der Waals surface area contributed by atoms with Gasteiger partial charge in [0.2, 0.25) is 5.91 Å². The first-order valence-electron chi connectivity index (χ1n) is 10.4. The van der Waals surface area contributed by atoms with Crippen molar-refractivity contribution < 1.29 is 36.7 Å². The number of carbonyl (C=O) groups is 1. The molecule has 7 nitrogen and oxygen atoms in total. The van der Waals surface area contributed by atoms with Gasteiger partial charge in [-0.15, -0.1) is 0 Å². The Labute approximate surface area is 194 Å². The normalized spacial score (nSPS) is 11.4. The highest BCUT2D eigenvalue weighted by atomic mass is 19.4. The number of halogens is 3. The number of anilines is 1. The molecule has 0 fully saturated rings. The molecule has 1 amide bonds. The Balaban J connectivity index is 1.64. The van der Waals surface area contributed by atoms with Crippen molar-refractivity contribution >= 4 is 11.6 Å². The van der Waals surface area contributed by atoms with Crippen molar-refractivity contribution in [3.63, 3.8) is 0 Å². The van der Waals surface area contributed by atoms with Crippen molar-refractivity contribution in [2.75, 3.05) is 25.6 Å². The summed E-state index contributed by atoms with van der Waals surface area (Å²) >= 11 is 0. The fraction of sp³-hybridized carbons (Fsp3) is 0.333. The van der Waals surface area contributed by atoms with Gasteiger partial charge in [0.15, 0.2) is 0 Å². The molecule has 0 aliphatic carbocycles. The molecule has 0 unspecified atom stereocenters. The summed E-state index contributed by atoms with van der Waals surface area (Å²) in [4.78, 5) is 12.5. The average molecular weight is 478 g/mol. The summed E-state index contributed by atoms with van der Waals surface area (Å²) in [5.41, 5.74) is 1.34. The molecule has 1 N–H and O–H groups in total. The van der Waals surface area contributed by atoms with Crippen LogP contribution in [0.2, 0.25) is 0 Å². The molecule has 0 aliphatic heterocycles. The number of methoxy groups -OCH3 is 1. The lowest BCUT2D eigenvalue weighted by molar-refractivity contribution is -0.137. The van der Waals surface area contributed by atoms with Crippen LogP contribution in [-0.2, 0) is 28.7 Å². The van der Waals surface area contributed by atoms with E-state index in [-0.39, 0.29) is 31.1 Å². The minimum atomic E-state index is -4.55. The third kappa shape index (κ3) is 6.74. The van der Waals surface area contributed by atoms with Gasteiger partial charge in [0, 0.05) is 7.11 Å². The van der Waals surface area contributed by atoms with Gasteiger partial charge in [-0.05, 0) is 49.7 Å². The van der Waals surface area contributed by atoms with Gasteiger partial charge in [-0.3, -0.25) is 4.79 Å². The number of hydrogen-bond donors (Lipinski definition) is 1. The van der Waals surface area contributed by atoms with Gasteiger partial charge >= 0.3 is 6.18 Å². The number of alkyl halides is 3. The molecule has 0 radical (unpaired) electrons. The molecule has 3 rings (SSSR count). The zero-order chi connectivity index (χ0) is 24.7. The number of benzene rings is 2. The average Bonchev–Trinajstić information content (AvgIpc) is 3.11. The summed E-state index contributed by atoms with van der Waals surface area (Å²) in [6.45, 7) is 4.30. The van der Waals surface area contributed by atoms with Crippen LogP contribution in [0.5, 0.6) is 11.5 Å².